The lowest BCUT2D eigenvalue weighted by molar-refractivity contribution is -0.164. The van der Waals surface area contributed by atoms with Gasteiger partial charge in [0.1, 0.15) is 24.0 Å². The number of nitrogens with one attached hydrogen (secondary N) is 2. The fraction of sp³-hybridized carbons (Fsp3) is 0.478. The number of nitrogens with zero attached hydrogens (tertiary/aromatic N) is 5. The summed E-state index contributed by atoms with van der Waals surface area (Å²) in [4.78, 5) is 72.2. The van der Waals surface area contributed by atoms with Crippen LogP contribution in [0.2, 0.25) is 5.02 Å². The van der Waals surface area contributed by atoms with E-state index in [-0.39, 0.29) is 47.6 Å². The average Bonchev–Trinajstić information content (AvgIpc) is 3.44. The lowest BCUT2D eigenvalue weighted by atomic mass is 9.49. The zero-order chi connectivity index (χ0) is 42.3. The summed E-state index contributed by atoms with van der Waals surface area (Å²) >= 11 is 6.25. The van der Waals surface area contributed by atoms with Crippen LogP contribution in [-0.2, 0) is 9.59 Å². The number of hydrogen-bond acceptors (Lipinski definition) is 10. The summed E-state index contributed by atoms with van der Waals surface area (Å²) in [5.41, 5.74) is 3.27. The number of rotatable bonds is 9. The second-order valence-electron chi connectivity index (χ2n) is 18.9. The number of ether oxygens (including phenoxy) is 1. The van der Waals surface area contributed by atoms with Gasteiger partial charge >= 0.3 is 0 Å². The van der Waals surface area contributed by atoms with Gasteiger partial charge in [-0.05, 0) is 79.8 Å². The van der Waals surface area contributed by atoms with Gasteiger partial charge in [-0.15, -0.1) is 0 Å². The third kappa shape index (κ3) is 6.78. The normalized spacial score (nSPS) is 25.5. The van der Waals surface area contributed by atoms with Crippen molar-refractivity contribution in [2.45, 2.75) is 71.6 Å². The molecular weight excluding hydrogens is 782 g/mol. The maximum absolute atomic E-state index is 13.5. The van der Waals surface area contributed by atoms with Gasteiger partial charge < -0.3 is 19.9 Å². The number of piperidine rings is 1. The van der Waals surface area contributed by atoms with Crippen LogP contribution in [0.25, 0.3) is 0 Å². The molecule has 6 aliphatic rings. The van der Waals surface area contributed by atoms with Crippen molar-refractivity contribution < 1.29 is 28.7 Å². The van der Waals surface area contributed by atoms with Crippen LogP contribution in [0.1, 0.15) is 90.0 Å². The molecule has 0 bridgehead atoms. The molecule has 3 aromatic carbocycles. The number of piperazine rings is 1. The van der Waals surface area contributed by atoms with Crippen LogP contribution in [0.5, 0.6) is 5.75 Å². The van der Waals surface area contributed by atoms with E-state index in [1.54, 1.807) is 30.3 Å². The van der Waals surface area contributed by atoms with E-state index in [1.807, 2.05) is 30.3 Å². The molecule has 60 heavy (non-hydrogen) atoms. The highest BCUT2D eigenvalue weighted by Crippen LogP contribution is 2.56. The quantitative estimate of drug-likeness (QED) is 0.273. The molecule has 5 fully saturated rings. The zero-order valence-corrected chi connectivity index (χ0v) is 35.2. The molecule has 9 rings (SSSR count). The van der Waals surface area contributed by atoms with Crippen LogP contribution < -0.4 is 25.2 Å². The van der Waals surface area contributed by atoms with Gasteiger partial charge in [-0.2, -0.15) is 5.26 Å². The van der Waals surface area contributed by atoms with Crippen molar-refractivity contribution in [1.82, 2.24) is 20.4 Å². The molecule has 2 N–H and O–H groups in total. The minimum absolute atomic E-state index is 0.0963. The maximum atomic E-state index is 13.5. The van der Waals surface area contributed by atoms with Crippen LogP contribution in [0.3, 0.4) is 0 Å². The lowest BCUT2D eigenvalue weighted by Crippen LogP contribution is -2.74. The molecule has 3 saturated heterocycles. The van der Waals surface area contributed by atoms with Crippen LogP contribution in [0.4, 0.5) is 11.4 Å². The van der Waals surface area contributed by atoms with Crippen molar-refractivity contribution in [2.24, 2.45) is 22.2 Å². The number of benzene rings is 3. The standard InChI is InChI=1S/C46H50ClN7O6/c1-44(2)42(45(3,4)43(44)60-32-11-7-29(23-48)35(47)20-32)50-38(56)28-5-8-30(9-6-28)52-17-15-51(16-18-52)24-27-21-46(22-27)25-53(26-46)31-10-12-33-34(19-31)41(59)54(40(33)58)36-13-14-37(55)49-39(36)57/h5-12,19-20,27,36,42-43H,13-18,21-22,24-26H2,1-4H3,(H,50,56)(H,49,55,57). The van der Waals surface area contributed by atoms with Crippen molar-refractivity contribution in [3.05, 3.63) is 87.9 Å². The molecule has 3 aromatic rings. The highest BCUT2D eigenvalue weighted by atomic mass is 35.5. The summed E-state index contributed by atoms with van der Waals surface area (Å²) in [6.45, 7) is 15.1. The predicted octanol–water partition coefficient (Wildman–Crippen LogP) is 5.26. The Hall–Kier alpha value is -5.45. The Bertz CT molecular complexity index is 2320. The number of anilines is 2. The monoisotopic (exact) mass is 831 g/mol. The van der Waals surface area contributed by atoms with Gasteiger partial charge in [0.25, 0.3) is 17.7 Å². The molecular formula is C46H50ClN7O6. The third-order valence-corrected chi connectivity index (χ3v) is 14.4. The van der Waals surface area contributed by atoms with E-state index in [1.165, 1.54) is 12.8 Å². The Morgan fingerprint density at radius 3 is 2.18 bits per heavy atom. The predicted molar refractivity (Wildman–Crippen MR) is 225 cm³/mol. The summed E-state index contributed by atoms with van der Waals surface area (Å²) in [5.74, 6) is -0.801. The molecule has 14 heteroatoms. The minimum Gasteiger partial charge on any atom is -0.489 e. The number of fused-ring (bicyclic) bond motifs is 1. The third-order valence-electron chi connectivity index (χ3n) is 14.1. The van der Waals surface area contributed by atoms with E-state index >= 15 is 0 Å². The van der Waals surface area contributed by atoms with Crippen molar-refractivity contribution in [3.8, 4) is 11.8 Å². The minimum atomic E-state index is -0.965. The summed E-state index contributed by atoms with van der Waals surface area (Å²) in [6, 6.07) is 19.4. The molecule has 0 aromatic heterocycles. The number of halogens is 1. The van der Waals surface area contributed by atoms with Crippen LogP contribution in [0, 0.1) is 33.5 Å². The highest BCUT2D eigenvalue weighted by Gasteiger charge is 2.64. The van der Waals surface area contributed by atoms with Gasteiger partial charge in [-0.1, -0.05) is 39.3 Å². The van der Waals surface area contributed by atoms with Crippen molar-refractivity contribution in [3.63, 3.8) is 0 Å². The van der Waals surface area contributed by atoms with Gasteiger partial charge in [0, 0.05) is 97.5 Å². The Balaban J connectivity index is 0.716. The van der Waals surface area contributed by atoms with E-state index < -0.39 is 23.8 Å². The summed E-state index contributed by atoms with van der Waals surface area (Å²) in [7, 11) is 0. The average molecular weight is 832 g/mol. The maximum Gasteiger partial charge on any atom is 0.262 e. The lowest BCUT2D eigenvalue weighted by Gasteiger charge is -2.63. The van der Waals surface area contributed by atoms with Crippen molar-refractivity contribution >= 4 is 52.5 Å². The fourth-order valence-electron chi connectivity index (χ4n) is 11.3. The number of carbonyl (C=O) groups excluding carboxylic acids is 5. The highest BCUT2D eigenvalue weighted by molar-refractivity contribution is 6.31. The number of imide groups is 2. The van der Waals surface area contributed by atoms with E-state index in [9.17, 15) is 29.2 Å². The van der Waals surface area contributed by atoms with E-state index in [2.05, 4.69) is 59.1 Å². The number of hydrogen-bond donors (Lipinski definition) is 2. The molecule has 2 aliphatic carbocycles. The molecule has 13 nitrogen and oxygen atoms in total. The Kier molecular flexibility index (Phi) is 9.75. The summed E-state index contributed by atoms with van der Waals surface area (Å²) in [6.07, 6.45) is 2.41. The first-order valence-corrected chi connectivity index (χ1v) is 21.3. The Labute approximate surface area is 354 Å². The van der Waals surface area contributed by atoms with Gasteiger partial charge in [0.2, 0.25) is 11.8 Å². The zero-order valence-electron chi connectivity index (χ0n) is 34.4. The van der Waals surface area contributed by atoms with Crippen LogP contribution in [0.15, 0.2) is 60.7 Å². The first kappa shape index (κ1) is 40.0. The van der Waals surface area contributed by atoms with Crippen LogP contribution in [-0.4, -0.2) is 103 Å². The fourth-order valence-corrected chi connectivity index (χ4v) is 11.6. The Morgan fingerprint density at radius 1 is 0.867 bits per heavy atom. The van der Waals surface area contributed by atoms with E-state index in [0.29, 0.717) is 44.4 Å². The molecule has 1 spiro atoms. The molecule has 0 radical (unpaired) electrons. The van der Waals surface area contributed by atoms with Gasteiger partial charge in [-0.3, -0.25) is 39.1 Å². The molecule has 4 heterocycles. The first-order chi connectivity index (χ1) is 28.6. The smallest absolute Gasteiger partial charge is 0.262 e. The second-order valence-corrected chi connectivity index (χ2v) is 19.3. The topological polar surface area (TPSA) is 155 Å². The molecule has 2 saturated carbocycles. The molecule has 1 atom stereocenters. The van der Waals surface area contributed by atoms with Crippen LogP contribution >= 0.6 is 11.6 Å². The number of nitriles is 1. The van der Waals surface area contributed by atoms with Crippen molar-refractivity contribution in [1.29, 1.82) is 5.26 Å². The molecule has 1 unspecified atom stereocenters. The van der Waals surface area contributed by atoms with Crippen molar-refractivity contribution in [2.75, 3.05) is 55.6 Å². The number of carbonyl (C=O) groups is 5. The second kappa shape index (κ2) is 14.6. The van der Waals surface area contributed by atoms with Gasteiger partial charge in [0.15, 0.2) is 0 Å². The molecule has 4 aliphatic heterocycles. The number of amides is 5. The molecule has 312 valence electrons. The largest absolute Gasteiger partial charge is 0.489 e. The Morgan fingerprint density at radius 2 is 1.53 bits per heavy atom. The molecule has 5 amide bonds. The summed E-state index contributed by atoms with van der Waals surface area (Å²) in [5, 5.41) is 15.1. The first-order valence-electron chi connectivity index (χ1n) is 20.9. The summed E-state index contributed by atoms with van der Waals surface area (Å²) < 4.78 is 6.39. The van der Waals surface area contributed by atoms with E-state index in [4.69, 9.17) is 16.3 Å². The SMILES string of the molecule is CC1(C)C(NC(=O)c2ccc(N3CCN(CC4CC5(C4)CN(c4ccc6c(c4)C(=O)N(C4CCC(=O)NC4=O)C6=O)C5)CC3)cc2)C(C)(C)C1Oc1ccc(C#N)c(Cl)c1. The van der Waals surface area contributed by atoms with Gasteiger partial charge in [-0.25, -0.2) is 0 Å². The van der Waals surface area contributed by atoms with E-state index in [0.717, 1.165) is 62.1 Å². The van der Waals surface area contributed by atoms with Gasteiger partial charge in [0.05, 0.1) is 21.7 Å².